The number of hydrogen-bond donors (Lipinski definition) is 0. The molecule has 2 bridgehead atoms. The second kappa shape index (κ2) is 7.28. The molecule has 0 spiro atoms. The van der Waals surface area contributed by atoms with E-state index in [0.717, 1.165) is 36.1 Å². The minimum atomic E-state index is 0.505. The molecule has 0 amide bonds. The molecule has 142 valence electrons. The molecule has 0 radical (unpaired) electrons. The normalized spacial score (nSPS) is 23.1. The molecule has 3 heteroatoms. The van der Waals surface area contributed by atoms with Gasteiger partial charge in [0, 0.05) is 23.1 Å². The van der Waals surface area contributed by atoms with E-state index in [9.17, 15) is 0 Å². The van der Waals surface area contributed by atoms with Gasteiger partial charge in [0.2, 0.25) is 0 Å². The van der Waals surface area contributed by atoms with E-state index < -0.39 is 0 Å². The third kappa shape index (κ3) is 3.83. The summed E-state index contributed by atoms with van der Waals surface area (Å²) < 4.78 is 0. The highest BCUT2D eigenvalue weighted by atomic mass is 35.5. The molecule has 1 saturated carbocycles. The number of allylic oxidation sites excluding steroid dienone is 1. The highest BCUT2D eigenvalue weighted by Gasteiger charge is 2.50. The molecule has 0 aliphatic heterocycles. The van der Waals surface area contributed by atoms with Crippen molar-refractivity contribution >= 4 is 23.2 Å². The van der Waals surface area contributed by atoms with Crippen LogP contribution in [-0.2, 0) is 6.54 Å². The molecule has 3 aliphatic rings. The second-order valence-corrected chi connectivity index (χ2v) is 9.72. The summed E-state index contributed by atoms with van der Waals surface area (Å²) in [5, 5.41) is 1.34. The third-order valence-corrected chi connectivity index (χ3v) is 7.07. The lowest BCUT2D eigenvalue weighted by molar-refractivity contribution is -0.0101. The van der Waals surface area contributed by atoms with Gasteiger partial charge in [-0.15, -0.1) is 0 Å². The maximum absolute atomic E-state index is 6.13. The summed E-state index contributed by atoms with van der Waals surface area (Å²) in [7, 11) is 2.23. The van der Waals surface area contributed by atoms with Gasteiger partial charge in [-0.2, -0.15) is 0 Å². The summed E-state index contributed by atoms with van der Waals surface area (Å²) in [5.41, 5.74) is 5.68. The molecule has 2 aromatic carbocycles. The maximum Gasteiger partial charge on any atom is 0.0426 e. The zero-order chi connectivity index (χ0) is 19.2. The molecular weight excluding hydrogens is 373 g/mol. The van der Waals surface area contributed by atoms with Crippen molar-refractivity contribution in [1.82, 2.24) is 4.90 Å². The molecule has 2 aromatic rings. The van der Waals surface area contributed by atoms with Crippen molar-refractivity contribution in [2.75, 3.05) is 13.6 Å². The quantitative estimate of drug-likeness (QED) is 0.485. The van der Waals surface area contributed by atoms with Gasteiger partial charge in [-0.1, -0.05) is 73.0 Å². The third-order valence-electron chi connectivity index (χ3n) is 6.64. The van der Waals surface area contributed by atoms with E-state index in [2.05, 4.69) is 56.1 Å². The summed E-state index contributed by atoms with van der Waals surface area (Å²) in [4.78, 5) is 2.44. The van der Waals surface area contributed by atoms with Crippen molar-refractivity contribution < 1.29 is 0 Å². The minimum Gasteiger partial charge on any atom is -0.298 e. The monoisotopic (exact) mass is 399 g/mol. The molecule has 1 fully saturated rings. The lowest BCUT2D eigenvalue weighted by atomic mass is 9.49. The Morgan fingerprint density at radius 2 is 1.63 bits per heavy atom. The Labute approximate surface area is 173 Å². The summed E-state index contributed by atoms with van der Waals surface area (Å²) in [5.74, 6) is 1.69. The summed E-state index contributed by atoms with van der Waals surface area (Å²) in [6, 6.07) is 14.4. The first-order valence-electron chi connectivity index (χ1n) is 9.76. The number of hydrogen-bond acceptors (Lipinski definition) is 1. The van der Waals surface area contributed by atoms with Crippen molar-refractivity contribution in [3.63, 3.8) is 0 Å². The summed E-state index contributed by atoms with van der Waals surface area (Å²) in [6.07, 6.45) is 5.17. The van der Waals surface area contributed by atoms with Gasteiger partial charge in [-0.05, 0) is 72.0 Å². The predicted molar refractivity (Wildman–Crippen MR) is 116 cm³/mol. The largest absolute Gasteiger partial charge is 0.298 e. The van der Waals surface area contributed by atoms with Gasteiger partial charge in [0.1, 0.15) is 0 Å². The topological polar surface area (TPSA) is 3.24 Å². The SMILES string of the molecule is CN(CC1=CC[C@H]2C[C@@H]1C2(C)C)Cc1ccc(-c2cc(Cl)cc(Cl)c2)cc1. The van der Waals surface area contributed by atoms with Crippen LogP contribution in [-0.4, -0.2) is 18.5 Å². The Kier molecular flexibility index (Phi) is 5.14. The van der Waals surface area contributed by atoms with Crippen LogP contribution in [0.1, 0.15) is 32.3 Å². The highest BCUT2D eigenvalue weighted by molar-refractivity contribution is 6.35. The van der Waals surface area contributed by atoms with Crippen LogP contribution in [0.5, 0.6) is 0 Å². The summed E-state index contributed by atoms with van der Waals surface area (Å²) in [6.45, 7) is 6.93. The van der Waals surface area contributed by atoms with Gasteiger partial charge >= 0.3 is 0 Å². The average molecular weight is 400 g/mol. The van der Waals surface area contributed by atoms with Crippen LogP contribution in [0.4, 0.5) is 0 Å². The fraction of sp³-hybridized carbons (Fsp3) is 0.417. The van der Waals surface area contributed by atoms with Crippen LogP contribution >= 0.6 is 23.2 Å². The zero-order valence-electron chi connectivity index (χ0n) is 16.3. The van der Waals surface area contributed by atoms with Crippen molar-refractivity contribution in [2.24, 2.45) is 17.3 Å². The number of nitrogens with zero attached hydrogens (tertiary/aromatic N) is 1. The Morgan fingerprint density at radius 1 is 0.963 bits per heavy atom. The van der Waals surface area contributed by atoms with Crippen LogP contribution in [0, 0.1) is 17.3 Å². The van der Waals surface area contributed by atoms with Crippen LogP contribution in [0.3, 0.4) is 0 Å². The Hall–Kier alpha value is -1.28. The molecule has 5 rings (SSSR count). The van der Waals surface area contributed by atoms with E-state index in [1.165, 1.54) is 18.4 Å². The van der Waals surface area contributed by atoms with E-state index in [-0.39, 0.29) is 0 Å². The van der Waals surface area contributed by atoms with Gasteiger partial charge in [0.05, 0.1) is 0 Å². The first-order valence-corrected chi connectivity index (χ1v) is 10.5. The van der Waals surface area contributed by atoms with Crippen LogP contribution in [0.25, 0.3) is 11.1 Å². The highest BCUT2D eigenvalue weighted by Crippen LogP contribution is 2.59. The maximum atomic E-state index is 6.13. The first-order chi connectivity index (χ1) is 12.8. The van der Waals surface area contributed by atoms with Gasteiger partial charge in [-0.3, -0.25) is 4.90 Å². The molecule has 0 N–H and O–H groups in total. The zero-order valence-corrected chi connectivity index (χ0v) is 17.8. The Balaban J connectivity index is 1.40. The Bertz CT molecular complexity index is 846. The molecule has 2 atom stereocenters. The van der Waals surface area contributed by atoms with E-state index >= 15 is 0 Å². The number of benzene rings is 2. The van der Waals surface area contributed by atoms with E-state index in [4.69, 9.17) is 23.2 Å². The molecule has 0 unspecified atom stereocenters. The van der Waals surface area contributed by atoms with Gasteiger partial charge < -0.3 is 0 Å². The van der Waals surface area contributed by atoms with Crippen molar-refractivity contribution in [3.8, 4) is 11.1 Å². The van der Waals surface area contributed by atoms with Crippen molar-refractivity contribution in [3.05, 3.63) is 69.7 Å². The average Bonchev–Trinajstić information content (AvgIpc) is 2.61. The summed E-state index contributed by atoms with van der Waals surface area (Å²) >= 11 is 12.3. The molecular formula is C24H27Cl2N. The van der Waals surface area contributed by atoms with Gasteiger partial charge in [0.15, 0.2) is 0 Å². The fourth-order valence-corrected chi connectivity index (χ4v) is 5.38. The second-order valence-electron chi connectivity index (χ2n) is 8.85. The number of rotatable bonds is 5. The number of fused-ring (bicyclic) bond motifs is 1. The number of halogens is 2. The molecule has 1 nitrogen and oxygen atoms in total. The number of likely N-dealkylation sites (N-methyl/N-ethyl adjacent to an activating group) is 1. The molecule has 0 aromatic heterocycles. The fourth-order valence-electron chi connectivity index (χ4n) is 4.86. The minimum absolute atomic E-state index is 0.505. The van der Waals surface area contributed by atoms with Crippen LogP contribution in [0.2, 0.25) is 10.0 Å². The van der Waals surface area contributed by atoms with Crippen LogP contribution < -0.4 is 0 Å². The lowest BCUT2D eigenvalue weighted by Gasteiger charge is -2.57. The van der Waals surface area contributed by atoms with E-state index in [1.807, 2.05) is 12.1 Å². The Morgan fingerprint density at radius 3 is 2.22 bits per heavy atom. The smallest absolute Gasteiger partial charge is 0.0426 e. The van der Waals surface area contributed by atoms with Gasteiger partial charge in [0.25, 0.3) is 0 Å². The van der Waals surface area contributed by atoms with Crippen molar-refractivity contribution in [2.45, 2.75) is 33.2 Å². The first kappa shape index (κ1) is 19.1. The molecule has 0 heterocycles. The standard InChI is InChI=1S/C24H27Cl2N/c1-24(2)20-9-8-18(23(24)12-20)15-27(3)14-16-4-6-17(7-5-16)19-10-21(25)13-22(26)11-19/h4-8,10-11,13,20,23H,9,12,14-15H2,1-3H3/t20-,23-/m0/s1. The van der Waals surface area contributed by atoms with E-state index in [1.54, 1.807) is 11.6 Å². The van der Waals surface area contributed by atoms with Crippen LogP contribution in [0.15, 0.2) is 54.1 Å². The van der Waals surface area contributed by atoms with Gasteiger partial charge in [-0.25, -0.2) is 0 Å². The molecule has 27 heavy (non-hydrogen) atoms. The molecule has 3 aliphatic carbocycles. The predicted octanol–water partition coefficient (Wildman–Crippen LogP) is 7.08. The van der Waals surface area contributed by atoms with Crippen molar-refractivity contribution in [1.29, 1.82) is 0 Å². The van der Waals surface area contributed by atoms with E-state index in [0.29, 0.717) is 15.5 Å². The lowest BCUT2D eigenvalue weighted by Crippen LogP contribution is -2.49. The molecule has 0 saturated heterocycles.